The van der Waals surface area contributed by atoms with Crippen LogP contribution in [0.4, 0.5) is 11.4 Å². The first kappa shape index (κ1) is 19.9. The molecule has 3 heterocycles. The molecule has 2 saturated heterocycles. The highest BCUT2D eigenvalue weighted by Crippen LogP contribution is 2.46. The largest absolute Gasteiger partial charge is 0.344 e. The third kappa shape index (κ3) is 3.15. The highest BCUT2D eigenvalue weighted by atomic mass is 32.2. The summed E-state index contributed by atoms with van der Waals surface area (Å²) in [5.41, 5.74) is 2.86. The maximum Gasteiger partial charge on any atom is 0.207 e. The molecule has 0 radical (unpaired) electrons. The quantitative estimate of drug-likeness (QED) is 0.611. The molecule has 8 nitrogen and oxygen atoms in total. The molecule has 0 N–H and O–H groups in total. The van der Waals surface area contributed by atoms with Gasteiger partial charge < -0.3 is 19.6 Å². The third-order valence-electron chi connectivity index (χ3n) is 6.16. The van der Waals surface area contributed by atoms with Crippen LogP contribution >= 0.6 is 0 Å². The van der Waals surface area contributed by atoms with Crippen molar-refractivity contribution in [3.63, 3.8) is 0 Å². The van der Waals surface area contributed by atoms with E-state index in [1.807, 2.05) is 40.3 Å². The van der Waals surface area contributed by atoms with Gasteiger partial charge in [0, 0.05) is 65.5 Å². The zero-order valence-corrected chi connectivity index (χ0v) is 19.0. The van der Waals surface area contributed by atoms with Gasteiger partial charge in [0.25, 0.3) is 0 Å². The fraction of sp³-hybridized carbons (Fsp3) is 0.364. The summed E-state index contributed by atoms with van der Waals surface area (Å²) in [6, 6.07) is 10.6. The summed E-state index contributed by atoms with van der Waals surface area (Å²) in [4.78, 5) is 18.6. The third-order valence-corrected chi connectivity index (χ3v) is 8.03. The van der Waals surface area contributed by atoms with Gasteiger partial charge >= 0.3 is 0 Å². The van der Waals surface area contributed by atoms with Gasteiger partial charge in [-0.1, -0.05) is 0 Å². The average molecular weight is 439 g/mol. The number of rotatable bonds is 2. The zero-order valence-electron chi connectivity index (χ0n) is 18.2. The van der Waals surface area contributed by atoms with Crippen molar-refractivity contribution in [3.05, 3.63) is 36.4 Å². The lowest BCUT2D eigenvalue weighted by Gasteiger charge is -2.16. The number of benzene rings is 2. The van der Waals surface area contributed by atoms with Crippen LogP contribution in [0.3, 0.4) is 0 Å². The Labute approximate surface area is 183 Å². The summed E-state index contributed by atoms with van der Waals surface area (Å²) in [5, 5.41) is 0. The van der Waals surface area contributed by atoms with E-state index in [1.54, 1.807) is 24.3 Å². The van der Waals surface area contributed by atoms with Gasteiger partial charge in [0.1, 0.15) is 0 Å². The summed E-state index contributed by atoms with van der Waals surface area (Å²) >= 11 is 0. The minimum Gasteiger partial charge on any atom is -0.344 e. The molecule has 2 aromatic rings. The van der Waals surface area contributed by atoms with Crippen molar-refractivity contribution in [2.24, 2.45) is 9.98 Å². The Morgan fingerprint density at radius 1 is 0.645 bits per heavy atom. The van der Waals surface area contributed by atoms with Gasteiger partial charge in [-0.2, -0.15) is 0 Å². The summed E-state index contributed by atoms with van der Waals surface area (Å²) < 4.78 is 26.2. The van der Waals surface area contributed by atoms with Crippen LogP contribution in [-0.4, -0.2) is 94.3 Å². The number of nitrogens with zero attached hydrogens (tertiary/aromatic N) is 6. The van der Waals surface area contributed by atoms with E-state index < -0.39 is 9.84 Å². The summed E-state index contributed by atoms with van der Waals surface area (Å²) in [6.45, 7) is 3.68. The molecule has 0 spiro atoms. The summed E-state index contributed by atoms with van der Waals surface area (Å²) in [7, 11) is 4.51. The van der Waals surface area contributed by atoms with E-state index in [1.165, 1.54) is 0 Å². The first-order valence-corrected chi connectivity index (χ1v) is 11.8. The van der Waals surface area contributed by atoms with Gasteiger partial charge in [-0.15, -0.1) is 0 Å². The second-order valence-electron chi connectivity index (χ2n) is 8.37. The molecular weight excluding hydrogens is 412 g/mol. The fourth-order valence-corrected chi connectivity index (χ4v) is 5.99. The Bertz CT molecular complexity index is 1120. The van der Waals surface area contributed by atoms with Crippen LogP contribution < -0.4 is 0 Å². The molecule has 31 heavy (non-hydrogen) atoms. The molecule has 2 fully saturated rings. The molecular formula is C22H26N6O2S. The fourth-order valence-electron chi connectivity index (χ4n) is 4.34. The van der Waals surface area contributed by atoms with Crippen molar-refractivity contribution in [1.82, 2.24) is 19.6 Å². The van der Waals surface area contributed by atoms with E-state index in [0.29, 0.717) is 20.9 Å². The van der Waals surface area contributed by atoms with Crippen LogP contribution in [0.5, 0.6) is 0 Å². The lowest BCUT2D eigenvalue weighted by Crippen LogP contribution is -2.27. The number of guanidine groups is 2. The highest BCUT2D eigenvalue weighted by Gasteiger charge is 2.33. The highest BCUT2D eigenvalue weighted by molar-refractivity contribution is 7.92. The van der Waals surface area contributed by atoms with E-state index in [9.17, 15) is 8.42 Å². The van der Waals surface area contributed by atoms with Gasteiger partial charge in [0.05, 0.1) is 21.2 Å². The zero-order chi connectivity index (χ0) is 21.9. The van der Waals surface area contributed by atoms with Crippen LogP contribution in [0.25, 0.3) is 11.1 Å². The Morgan fingerprint density at radius 2 is 1.00 bits per heavy atom. The number of aliphatic imine (C=N–C) groups is 2. The minimum atomic E-state index is -3.53. The number of sulfone groups is 1. The Kier molecular flexibility index (Phi) is 4.47. The second-order valence-corrected chi connectivity index (χ2v) is 10.3. The van der Waals surface area contributed by atoms with Crippen molar-refractivity contribution in [2.45, 2.75) is 9.79 Å². The van der Waals surface area contributed by atoms with Crippen molar-refractivity contribution >= 4 is 33.1 Å². The second kappa shape index (κ2) is 6.98. The van der Waals surface area contributed by atoms with Crippen LogP contribution in [0.2, 0.25) is 0 Å². The summed E-state index contributed by atoms with van der Waals surface area (Å²) in [5.74, 6) is 1.77. The van der Waals surface area contributed by atoms with E-state index in [4.69, 9.17) is 9.98 Å². The van der Waals surface area contributed by atoms with Crippen molar-refractivity contribution < 1.29 is 8.42 Å². The smallest absolute Gasteiger partial charge is 0.207 e. The molecule has 0 atom stereocenters. The molecule has 0 amide bonds. The lowest BCUT2D eigenvalue weighted by molar-refractivity contribution is 0.553. The molecule has 2 aromatic carbocycles. The van der Waals surface area contributed by atoms with Gasteiger partial charge in [-0.25, -0.2) is 18.4 Å². The normalized spacial score (nSPS) is 19.2. The lowest BCUT2D eigenvalue weighted by atomic mass is 10.0. The first-order valence-electron chi connectivity index (χ1n) is 10.3. The molecule has 0 saturated carbocycles. The van der Waals surface area contributed by atoms with E-state index in [2.05, 4.69) is 19.6 Å². The minimum absolute atomic E-state index is 0.333. The Hall–Kier alpha value is -3.07. The number of fused-ring (bicyclic) bond motifs is 3. The summed E-state index contributed by atoms with van der Waals surface area (Å²) in [6.07, 6.45) is 0. The monoisotopic (exact) mass is 438 g/mol. The van der Waals surface area contributed by atoms with Crippen molar-refractivity contribution in [3.8, 4) is 11.1 Å². The van der Waals surface area contributed by atoms with E-state index in [0.717, 1.165) is 49.5 Å². The van der Waals surface area contributed by atoms with Crippen LogP contribution in [0.15, 0.2) is 56.2 Å². The van der Waals surface area contributed by atoms with Crippen LogP contribution in [0, 0.1) is 0 Å². The molecule has 3 aliphatic rings. The maximum absolute atomic E-state index is 13.1. The number of likely N-dealkylation sites (N-methyl/N-ethyl adjacent to an activating group) is 4. The van der Waals surface area contributed by atoms with Crippen molar-refractivity contribution in [2.75, 3.05) is 54.4 Å². The van der Waals surface area contributed by atoms with E-state index >= 15 is 0 Å². The molecule has 162 valence electrons. The van der Waals surface area contributed by atoms with E-state index in [-0.39, 0.29) is 0 Å². The molecule has 0 unspecified atom stereocenters. The van der Waals surface area contributed by atoms with Gasteiger partial charge in [-0.3, -0.25) is 0 Å². The number of hydrogen-bond donors (Lipinski definition) is 0. The van der Waals surface area contributed by atoms with Crippen LogP contribution in [0.1, 0.15) is 0 Å². The predicted octanol–water partition coefficient (Wildman–Crippen LogP) is 2.23. The molecule has 3 aliphatic heterocycles. The van der Waals surface area contributed by atoms with Gasteiger partial charge in [-0.05, 0) is 36.4 Å². The maximum atomic E-state index is 13.1. The SMILES string of the molecule is CN1CCN(C)C1=Nc1ccc2c(c1)-c1cc(N=C3N(C)CCN3C)ccc1S2(=O)=O. The predicted molar refractivity (Wildman–Crippen MR) is 122 cm³/mol. The standard InChI is InChI=1S/C22H26N6O2S/c1-25-9-10-26(2)21(25)23-15-5-7-19-17(13-15)18-14-16(6-8-20(18)31(19,29)30)24-22-27(3)11-12-28(22)4/h5-8,13-14H,9-12H2,1-4H3. The molecule has 0 bridgehead atoms. The Balaban J connectivity index is 1.61. The van der Waals surface area contributed by atoms with Gasteiger partial charge in [0.2, 0.25) is 21.8 Å². The topological polar surface area (TPSA) is 71.8 Å². The Morgan fingerprint density at radius 3 is 1.35 bits per heavy atom. The van der Waals surface area contributed by atoms with Crippen molar-refractivity contribution in [1.29, 1.82) is 0 Å². The molecule has 0 aliphatic carbocycles. The van der Waals surface area contributed by atoms with Gasteiger partial charge in [0.15, 0.2) is 0 Å². The molecule has 5 rings (SSSR count). The number of hydrogen-bond acceptors (Lipinski definition) is 4. The molecule has 0 aromatic heterocycles. The van der Waals surface area contributed by atoms with Crippen LogP contribution in [-0.2, 0) is 9.84 Å². The first-order chi connectivity index (χ1) is 14.8. The molecule has 9 heteroatoms. The average Bonchev–Trinajstić information content (AvgIpc) is 3.31.